The van der Waals surface area contributed by atoms with E-state index in [1.165, 1.54) is 5.69 Å². The van der Waals surface area contributed by atoms with Gasteiger partial charge >= 0.3 is 0 Å². The quantitative estimate of drug-likeness (QED) is 0.340. The lowest BCUT2D eigenvalue weighted by atomic mass is 10.2. The summed E-state index contributed by atoms with van der Waals surface area (Å²) in [4.78, 5) is 21.2. The van der Waals surface area contributed by atoms with Gasteiger partial charge in [-0.05, 0) is 31.2 Å². The molecule has 1 aliphatic heterocycles. The van der Waals surface area contributed by atoms with E-state index in [1.807, 2.05) is 54.5 Å². The fraction of sp³-hybridized carbons (Fsp3) is 0.429. The Morgan fingerprint density at radius 2 is 1.69 bits per heavy atom. The van der Waals surface area contributed by atoms with Gasteiger partial charge in [-0.3, -0.25) is 4.79 Å². The van der Waals surface area contributed by atoms with Gasteiger partial charge in [-0.15, -0.1) is 24.0 Å². The molecule has 1 saturated heterocycles. The van der Waals surface area contributed by atoms with E-state index in [9.17, 15) is 4.79 Å². The first-order chi connectivity index (χ1) is 13.8. The molecule has 0 atom stereocenters. The minimum Gasteiger partial charge on any atom is -0.368 e. The van der Waals surface area contributed by atoms with Crippen LogP contribution in [0.25, 0.3) is 0 Å². The number of carbonyl (C=O) groups is 1. The van der Waals surface area contributed by atoms with E-state index in [0.29, 0.717) is 5.96 Å². The van der Waals surface area contributed by atoms with E-state index >= 15 is 0 Å². The van der Waals surface area contributed by atoms with Crippen LogP contribution in [-0.4, -0.2) is 67.1 Å². The smallest absolute Gasteiger partial charge is 0.244 e. The largest absolute Gasteiger partial charge is 0.368 e. The van der Waals surface area contributed by atoms with E-state index in [1.54, 1.807) is 0 Å². The molecule has 0 saturated carbocycles. The SMILES string of the molecule is CCNC(=NCC(=O)N1CCN(c2ccccc2)CC1)NCCn1cccc1.I. The summed E-state index contributed by atoms with van der Waals surface area (Å²) in [5.41, 5.74) is 1.22. The average molecular weight is 510 g/mol. The molecule has 1 fully saturated rings. The topological polar surface area (TPSA) is 64.9 Å². The van der Waals surface area contributed by atoms with Crippen LogP contribution in [0.4, 0.5) is 5.69 Å². The van der Waals surface area contributed by atoms with Crippen molar-refractivity contribution in [3.05, 3.63) is 54.9 Å². The molecular formula is C21H31IN6O. The number of hydrogen-bond donors (Lipinski definition) is 2. The zero-order valence-electron chi connectivity index (χ0n) is 17.0. The van der Waals surface area contributed by atoms with Crippen LogP contribution in [0.3, 0.4) is 0 Å². The first kappa shape index (κ1) is 23.1. The van der Waals surface area contributed by atoms with Gasteiger partial charge in [-0.25, -0.2) is 4.99 Å². The number of aliphatic imine (C=N–C) groups is 1. The number of nitrogens with zero attached hydrogens (tertiary/aromatic N) is 4. The number of halogens is 1. The average Bonchev–Trinajstić information content (AvgIpc) is 3.26. The molecule has 1 aliphatic rings. The Hall–Kier alpha value is -2.23. The van der Waals surface area contributed by atoms with Gasteiger partial charge < -0.3 is 25.0 Å². The fourth-order valence-corrected chi connectivity index (χ4v) is 3.26. The van der Waals surface area contributed by atoms with Gasteiger partial charge in [0.15, 0.2) is 5.96 Å². The number of anilines is 1. The van der Waals surface area contributed by atoms with E-state index in [0.717, 1.165) is 45.8 Å². The molecule has 29 heavy (non-hydrogen) atoms. The summed E-state index contributed by atoms with van der Waals surface area (Å²) in [7, 11) is 0. The maximum Gasteiger partial charge on any atom is 0.244 e. The molecule has 0 radical (unpaired) electrons. The van der Waals surface area contributed by atoms with Gasteiger partial charge in [0.2, 0.25) is 5.91 Å². The van der Waals surface area contributed by atoms with E-state index in [-0.39, 0.29) is 36.4 Å². The predicted octanol–water partition coefficient (Wildman–Crippen LogP) is 2.01. The van der Waals surface area contributed by atoms with Gasteiger partial charge in [0.1, 0.15) is 6.54 Å². The third kappa shape index (κ3) is 7.26. The van der Waals surface area contributed by atoms with Gasteiger partial charge in [0, 0.05) is 63.9 Å². The van der Waals surface area contributed by atoms with Crippen LogP contribution in [0.5, 0.6) is 0 Å². The Kier molecular flexibility index (Phi) is 9.82. The highest BCUT2D eigenvalue weighted by molar-refractivity contribution is 14.0. The standard InChI is InChI=1S/C21H30N6O.HI/c1-2-22-21(23-10-13-25-11-6-7-12-25)24-18-20(28)27-16-14-26(15-17-27)19-8-4-3-5-9-19;/h3-9,11-12H,2,10,13-18H2,1H3,(H2,22,23,24);1H. The summed E-state index contributed by atoms with van der Waals surface area (Å²) in [6.45, 7) is 7.75. The highest BCUT2D eigenvalue weighted by atomic mass is 127. The lowest BCUT2D eigenvalue weighted by Crippen LogP contribution is -2.49. The van der Waals surface area contributed by atoms with Gasteiger partial charge in [-0.1, -0.05) is 18.2 Å². The van der Waals surface area contributed by atoms with Crippen molar-refractivity contribution in [3.8, 4) is 0 Å². The van der Waals surface area contributed by atoms with Crippen molar-refractivity contribution in [3.63, 3.8) is 0 Å². The van der Waals surface area contributed by atoms with Crippen molar-refractivity contribution in [2.45, 2.75) is 13.5 Å². The van der Waals surface area contributed by atoms with Crippen LogP contribution < -0.4 is 15.5 Å². The highest BCUT2D eigenvalue weighted by Gasteiger charge is 2.20. The summed E-state index contributed by atoms with van der Waals surface area (Å²) in [6, 6.07) is 14.4. The van der Waals surface area contributed by atoms with Crippen LogP contribution >= 0.6 is 24.0 Å². The van der Waals surface area contributed by atoms with Crippen LogP contribution in [0.1, 0.15) is 6.92 Å². The summed E-state index contributed by atoms with van der Waals surface area (Å²) in [6.07, 6.45) is 4.06. The molecule has 0 aliphatic carbocycles. The van der Waals surface area contributed by atoms with Gasteiger partial charge in [-0.2, -0.15) is 0 Å². The van der Waals surface area contributed by atoms with E-state index in [2.05, 4.69) is 37.2 Å². The molecule has 3 rings (SSSR count). The molecule has 2 N–H and O–H groups in total. The lowest BCUT2D eigenvalue weighted by molar-refractivity contribution is -0.129. The molecule has 2 aromatic rings. The number of guanidine groups is 1. The van der Waals surface area contributed by atoms with Crippen LogP contribution in [0, 0.1) is 0 Å². The second-order valence-electron chi connectivity index (χ2n) is 6.75. The number of rotatable bonds is 7. The Morgan fingerprint density at radius 3 is 2.34 bits per heavy atom. The Balaban J connectivity index is 0.00000300. The first-order valence-electron chi connectivity index (χ1n) is 9.97. The van der Waals surface area contributed by atoms with Crippen LogP contribution in [-0.2, 0) is 11.3 Å². The monoisotopic (exact) mass is 510 g/mol. The Labute approximate surface area is 190 Å². The number of carbonyl (C=O) groups excluding carboxylic acids is 1. The molecule has 1 amide bonds. The number of aromatic nitrogens is 1. The van der Waals surface area contributed by atoms with Crippen molar-refractivity contribution in [1.82, 2.24) is 20.1 Å². The van der Waals surface area contributed by atoms with Gasteiger partial charge in [0.25, 0.3) is 0 Å². The maximum absolute atomic E-state index is 12.6. The van der Waals surface area contributed by atoms with Crippen molar-refractivity contribution in [1.29, 1.82) is 0 Å². The van der Waals surface area contributed by atoms with Crippen molar-refractivity contribution >= 4 is 41.5 Å². The zero-order valence-corrected chi connectivity index (χ0v) is 19.3. The minimum atomic E-state index is 0. The number of piperazine rings is 1. The number of benzene rings is 1. The van der Waals surface area contributed by atoms with E-state index in [4.69, 9.17) is 0 Å². The third-order valence-electron chi connectivity index (χ3n) is 4.80. The fourth-order valence-electron chi connectivity index (χ4n) is 3.26. The zero-order chi connectivity index (χ0) is 19.6. The molecule has 0 bridgehead atoms. The molecule has 0 unspecified atom stereocenters. The molecule has 0 spiro atoms. The second kappa shape index (κ2) is 12.4. The predicted molar refractivity (Wildman–Crippen MR) is 129 cm³/mol. The van der Waals surface area contributed by atoms with Gasteiger partial charge in [0.05, 0.1) is 0 Å². The van der Waals surface area contributed by atoms with Crippen molar-refractivity contribution < 1.29 is 4.79 Å². The number of amides is 1. The molecule has 1 aromatic carbocycles. The van der Waals surface area contributed by atoms with Crippen LogP contribution in [0.15, 0.2) is 59.9 Å². The maximum atomic E-state index is 12.6. The summed E-state index contributed by atoms with van der Waals surface area (Å²) >= 11 is 0. The first-order valence-corrected chi connectivity index (χ1v) is 9.97. The normalized spacial score (nSPS) is 14.3. The molecule has 2 heterocycles. The Bertz CT molecular complexity index is 742. The number of nitrogens with one attached hydrogen (secondary N) is 2. The van der Waals surface area contributed by atoms with Crippen molar-refractivity contribution in [2.75, 3.05) is 50.7 Å². The number of para-hydroxylation sites is 1. The minimum absolute atomic E-state index is 0. The third-order valence-corrected chi connectivity index (χ3v) is 4.80. The highest BCUT2D eigenvalue weighted by Crippen LogP contribution is 2.15. The summed E-state index contributed by atoms with van der Waals surface area (Å²) < 4.78 is 2.11. The van der Waals surface area contributed by atoms with E-state index < -0.39 is 0 Å². The molecule has 1 aromatic heterocycles. The second-order valence-corrected chi connectivity index (χ2v) is 6.75. The summed E-state index contributed by atoms with van der Waals surface area (Å²) in [5, 5.41) is 6.49. The summed E-state index contributed by atoms with van der Waals surface area (Å²) in [5.74, 6) is 0.765. The molecule has 8 heteroatoms. The Morgan fingerprint density at radius 1 is 1.00 bits per heavy atom. The van der Waals surface area contributed by atoms with Crippen molar-refractivity contribution in [2.24, 2.45) is 4.99 Å². The van der Waals surface area contributed by atoms with Crippen LogP contribution in [0.2, 0.25) is 0 Å². The molecule has 7 nitrogen and oxygen atoms in total. The molecular weight excluding hydrogens is 479 g/mol. The molecule has 158 valence electrons. The number of hydrogen-bond acceptors (Lipinski definition) is 3. The lowest BCUT2D eigenvalue weighted by Gasteiger charge is -2.36.